The Labute approximate surface area is 121 Å². The highest BCUT2D eigenvalue weighted by atomic mass is 16.4. The number of hydrogen-bond donors (Lipinski definition) is 2. The number of aromatic nitrogens is 2. The number of carboxylic acid groups (broad SMARTS) is 1. The number of carboxylic acids is 1. The van der Waals surface area contributed by atoms with Crippen LogP contribution in [-0.4, -0.2) is 26.8 Å². The number of para-hydroxylation sites is 1. The topological polar surface area (TPSA) is 84.2 Å². The van der Waals surface area contributed by atoms with Gasteiger partial charge in [-0.3, -0.25) is 9.59 Å². The van der Waals surface area contributed by atoms with E-state index in [1.165, 1.54) is 0 Å². The van der Waals surface area contributed by atoms with Crippen molar-refractivity contribution in [1.29, 1.82) is 0 Å². The summed E-state index contributed by atoms with van der Waals surface area (Å²) >= 11 is 0. The van der Waals surface area contributed by atoms with Gasteiger partial charge in [-0.2, -0.15) is 5.10 Å². The van der Waals surface area contributed by atoms with E-state index >= 15 is 0 Å². The number of aliphatic carboxylic acids is 1. The molecule has 1 heterocycles. The number of carbonyl (C=O) groups excluding carboxylic acids is 1. The van der Waals surface area contributed by atoms with E-state index in [1.807, 2.05) is 36.5 Å². The summed E-state index contributed by atoms with van der Waals surface area (Å²) in [6.07, 6.45) is 4.32. The Morgan fingerprint density at radius 1 is 1.29 bits per heavy atom. The summed E-state index contributed by atoms with van der Waals surface area (Å²) in [4.78, 5) is 23.1. The van der Waals surface area contributed by atoms with Crippen LogP contribution in [0.1, 0.15) is 18.4 Å². The van der Waals surface area contributed by atoms with E-state index in [2.05, 4.69) is 10.4 Å². The quantitative estimate of drug-likeness (QED) is 0.812. The SMILES string of the molecule is O=C(O)C1(C(=O)NCc2ccccc2-n2cccn2)CC1. The van der Waals surface area contributed by atoms with Crippen molar-refractivity contribution < 1.29 is 14.7 Å². The molecule has 0 unspecified atom stereocenters. The zero-order valence-corrected chi connectivity index (χ0v) is 11.3. The fourth-order valence-corrected chi connectivity index (χ4v) is 2.30. The monoisotopic (exact) mass is 285 g/mol. The minimum atomic E-state index is -1.21. The zero-order valence-electron chi connectivity index (χ0n) is 11.3. The first kappa shape index (κ1) is 13.4. The lowest BCUT2D eigenvalue weighted by Crippen LogP contribution is -2.36. The molecular weight excluding hydrogens is 270 g/mol. The summed E-state index contributed by atoms with van der Waals surface area (Å²) in [6, 6.07) is 9.37. The lowest BCUT2D eigenvalue weighted by atomic mass is 10.1. The maximum Gasteiger partial charge on any atom is 0.319 e. The summed E-state index contributed by atoms with van der Waals surface area (Å²) in [5.74, 6) is -1.45. The first-order valence-corrected chi connectivity index (χ1v) is 6.73. The number of nitrogens with zero attached hydrogens (tertiary/aromatic N) is 2. The van der Waals surface area contributed by atoms with Gasteiger partial charge in [0.1, 0.15) is 5.41 Å². The Hall–Kier alpha value is -2.63. The van der Waals surface area contributed by atoms with E-state index in [0.29, 0.717) is 12.8 Å². The summed E-state index contributed by atoms with van der Waals surface area (Å²) < 4.78 is 1.71. The molecule has 1 aromatic heterocycles. The van der Waals surface area contributed by atoms with Crippen molar-refractivity contribution >= 4 is 11.9 Å². The van der Waals surface area contributed by atoms with E-state index in [-0.39, 0.29) is 6.54 Å². The van der Waals surface area contributed by atoms with Gasteiger partial charge in [0.15, 0.2) is 0 Å². The first-order valence-electron chi connectivity index (χ1n) is 6.73. The Kier molecular flexibility index (Phi) is 3.21. The van der Waals surface area contributed by atoms with Gasteiger partial charge in [-0.05, 0) is 30.5 Å². The minimum Gasteiger partial charge on any atom is -0.480 e. The molecule has 1 aliphatic rings. The van der Waals surface area contributed by atoms with Gasteiger partial charge in [0, 0.05) is 18.9 Å². The number of hydrogen-bond acceptors (Lipinski definition) is 3. The maximum atomic E-state index is 12.0. The van der Waals surface area contributed by atoms with Crippen LogP contribution in [0.5, 0.6) is 0 Å². The van der Waals surface area contributed by atoms with Gasteiger partial charge in [0.05, 0.1) is 5.69 Å². The van der Waals surface area contributed by atoms with Gasteiger partial charge in [-0.25, -0.2) is 4.68 Å². The molecule has 6 heteroatoms. The molecule has 0 bridgehead atoms. The van der Waals surface area contributed by atoms with Crippen LogP contribution in [0.4, 0.5) is 0 Å². The molecule has 3 rings (SSSR count). The molecule has 1 fully saturated rings. The van der Waals surface area contributed by atoms with Crippen LogP contribution in [0.3, 0.4) is 0 Å². The molecule has 6 nitrogen and oxygen atoms in total. The average Bonchev–Trinajstić information content (AvgIpc) is 3.14. The van der Waals surface area contributed by atoms with Crippen LogP contribution in [0.25, 0.3) is 5.69 Å². The highest BCUT2D eigenvalue weighted by Gasteiger charge is 2.56. The van der Waals surface area contributed by atoms with Crippen LogP contribution < -0.4 is 5.32 Å². The molecule has 0 aliphatic heterocycles. The predicted octanol–water partition coefficient (Wildman–Crippen LogP) is 1.35. The molecule has 0 atom stereocenters. The van der Waals surface area contributed by atoms with Gasteiger partial charge >= 0.3 is 5.97 Å². The number of nitrogens with one attached hydrogen (secondary N) is 1. The standard InChI is InChI=1S/C15H15N3O3/c19-13(15(6-7-15)14(20)21)16-10-11-4-1-2-5-12(11)18-9-3-8-17-18/h1-5,8-9H,6-7,10H2,(H,16,19)(H,20,21). The Morgan fingerprint density at radius 2 is 2.05 bits per heavy atom. The fraction of sp³-hybridized carbons (Fsp3) is 0.267. The molecule has 1 aromatic carbocycles. The second kappa shape index (κ2) is 5.05. The van der Waals surface area contributed by atoms with E-state index in [4.69, 9.17) is 5.11 Å². The third-order valence-corrected chi connectivity index (χ3v) is 3.78. The number of benzene rings is 1. The highest BCUT2D eigenvalue weighted by molar-refractivity contribution is 6.04. The lowest BCUT2D eigenvalue weighted by Gasteiger charge is -2.13. The number of amides is 1. The van der Waals surface area contributed by atoms with Crippen molar-refractivity contribution in [3.63, 3.8) is 0 Å². The summed E-state index contributed by atoms with van der Waals surface area (Å²) in [5, 5.41) is 16.0. The normalized spacial score (nSPS) is 15.4. The van der Waals surface area contributed by atoms with Crippen molar-refractivity contribution in [2.45, 2.75) is 19.4 Å². The number of carbonyl (C=O) groups is 2. The highest BCUT2D eigenvalue weighted by Crippen LogP contribution is 2.46. The summed E-state index contributed by atoms with van der Waals surface area (Å²) in [7, 11) is 0. The van der Waals surface area contributed by atoms with Crippen molar-refractivity contribution in [2.24, 2.45) is 5.41 Å². The second-order valence-corrected chi connectivity index (χ2v) is 5.15. The van der Waals surface area contributed by atoms with E-state index in [1.54, 1.807) is 10.9 Å². The molecular formula is C15H15N3O3. The molecule has 1 aliphatic carbocycles. The van der Waals surface area contributed by atoms with Crippen LogP contribution in [0, 0.1) is 5.41 Å². The van der Waals surface area contributed by atoms with Crippen LogP contribution in [0.2, 0.25) is 0 Å². The first-order chi connectivity index (χ1) is 10.1. The molecule has 0 radical (unpaired) electrons. The minimum absolute atomic E-state index is 0.282. The van der Waals surface area contributed by atoms with E-state index in [9.17, 15) is 9.59 Å². The van der Waals surface area contributed by atoms with Crippen molar-refractivity contribution in [1.82, 2.24) is 15.1 Å². The molecule has 2 aromatic rings. The largest absolute Gasteiger partial charge is 0.480 e. The van der Waals surface area contributed by atoms with Crippen LogP contribution in [-0.2, 0) is 16.1 Å². The molecule has 0 spiro atoms. The van der Waals surface area contributed by atoms with Gasteiger partial charge < -0.3 is 10.4 Å². The average molecular weight is 285 g/mol. The number of rotatable bonds is 5. The smallest absolute Gasteiger partial charge is 0.319 e. The molecule has 1 amide bonds. The molecule has 108 valence electrons. The molecule has 0 saturated heterocycles. The predicted molar refractivity (Wildman–Crippen MR) is 74.7 cm³/mol. The van der Waals surface area contributed by atoms with E-state index < -0.39 is 17.3 Å². The van der Waals surface area contributed by atoms with E-state index in [0.717, 1.165) is 11.3 Å². The van der Waals surface area contributed by atoms with Gasteiger partial charge in [-0.15, -0.1) is 0 Å². The Bertz CT molecular complexity index is 675. The molecule has 21 heavy (non-hydrogen) atoms. The van der Waals surface area contributed by atoms with Crippen molar-refractivity contribution in [3.05, 3.63) is 48.3 Å². The zero-order chi connectivity index (χ0) is 14.9. The molecule has 1 saturated carbocycles. The van der Waals surface area contributed by atoms with Crippen molar-refractivity contribution in [2.75, 3.05) is 0 Å². The van der Waals surface area contributed by atoms with Gasteiger partial charge in [0.25, 0.3) is 0 Å². The molecule has 2 N–H and O–H groups in total. The second-order valence-electron chi connectivity index (χ2n) is 5.15. The fourth-order valence-electron chi connectivity index (χ4n) is 2.30. The summed E-state index contributed by atoms with van der Waals surface area (Å²) in [6.45, 7) is 0.282. The maximum absolute atomic E-state index is 12.0. The summed E-state index contributed by atoms with van der Waals surface area (Å²) in [5.41, 5.74) is 0.541. The Morgan fingerprint density at radius 3 is 2.67 bits per heavy atom. The van der Waals surface area contributed by atoms with Crippen LogP contribution >= 0.6 is 0 Å². The van der Waals surface area contributed by atoms with Crippen LogP contribution in [0.15, 0.2) is 42.7 Å². The van der Waals surface area contributed by atoms with Gasteiger partial charge in [0.2, 0.25) is 5.91 Å². The van der Waals surface area contributed by atoms with Gasteiger partial charge in [-0.1, -0.05) is 18.2 Å². The lowest BCUT2D eigenvalue weighted by molar-refractivity contribution is -0.149. The third-order valence-electron chi connectivity index (χ3n) is 3.78. The Balaban J connectivity index is 1.75. The van der Waals surface area contributed by atoms with Crippen molar-refractivity contribution in [3.8, 4) is 5.69 Å². The third kappa shape index (κ3) is 2.40.